The highest BCUT2D eigenvalue weighted by Gasteiger charge is 2.41. The first-order chi connectivity index (χ1) is 11.9. The van der Waals surface area contributed by atoms with Gasteiger partial charge in [0, 0.05) is 24.6 Å². The van der Waals surface area contributed by atoms with Gasteiger partial charge in [0.2, 0.25) is 0 Å². The third kappa shape index (κ3) is 3.29. The number of amides is 1. The Morgan fingerprint density at radius 1 is 1.00 bits per heavy atom. The molecule has 3 rings (SSSR count). The molecule has 1 aliphatic rings. The maximum atomic E-state index is 13.1. The number of carbonyl (C=O) groups is 2. The van der Waals surface area contributed by atoms with Crippen molar-refractivity contribution in [2.45, 2.75) is 26.7 Å². The van der Waals surface area contributed by atoms with Crippen LogP contribution in [0.2, 0.25) is 0 Å². The fourth-order valence-corrected chi connectivity index (χ4v) is 3.93. The van der Waals surface area contributed by atoms with Crippen molar-refractivity contribution in [1.82, 2.24) is 4.90 Å². The second-order valence-corrected chi connectivity index (χ2v) is 6.95. The second-order valence-electron chi connectivity index (χ2n) is 6.95. The predicted octanol–water partition coefficient (Wildman–Crippen LogP) is 3.55. The van der Waals surface area contributed by atoms with Crippen LogP contribution in [0.25, 0.3) is 0 Å². The number of likely N-dealkylation sites (tertiary alicyclic amines) is 1. The van der Waals surface area contributed by atoms with Gasteiger partial charge >= 0.3 is 5.97 Å². The van der Waals surface area contributed by atoms with E-state index in [2.05, 4.69) is 0 Å². The smallest absolute Gasteiger partial charge is 0.308 e. The highest BCUT2D eigenvalue weighted by atomic mass is 16.4. The molecule has 2 atom stereocenters. The van der Waals surface area contributed by atoms with Gasteiger partial charge in [0.15, 0.2) is 0 Å². The van der Waals surface area contributed by atoms with Crippen molar-refractivity contribution in [3.63, 3.8) is 0 Å². The molecule has 2 aromatic carbocycles. The molecule has 1 aliphatic heterocycles. The lowest BCUT2D eigenvalue weighted by Gasteiger charge is -2.20. The summed E-state index contributed by atoms with van der Waals surface area (Å²) < 4.78 is 0. The maximum absolute atomic E-state index is 13.1. The summed E-state index contributed by atoms with van der Waals surface area (Å²) in [6.45, 7) is 6.57. The Balaban J connectivity index is 1.92. The van der Waals surface area contributed by atoms with E-state index in [4.69, 9.17) is 0 Å². The van der Waals surface area contributed by atoms with E-state index >= 15 is 0 Å². The van der Waals surface area contributed by atoms with Crippen molar-refractivity contribution in [2.75, 3.05) is 13.1 Å². The highest BCUT2D eigenvalue weighted by Crippen LogP contribution is 2.34. The lowest BCUT2D eigenvalue weighted by molar-refractivity contribution is -0.141. The highest BCUT2D eigenvalue weighted by molar-refractivity contribution is 5.97. The van der Waals surface area contributed by atoms with Gasteiger partial charge in [-0.25, -0.2) is 0 Å². The first-order valence-electron chi connectivity index (χ1n) is 8.53. The van der Waals surface area contributed by atoms with Crippen LogP contribution in [0.1, 0.15) is 38.5 Å². The van der Waals surface area contributed by atoms with E-state index < -0.39 is 11.9 Å². The summed E-state index contributed by atoms with van der Waals surface area (Å²) in [4.78, 5) is 26.5. The number of rotatable bonds is 3. The molecule has 2 aromatic rings. The number of nitrogens with zero attached hydrogens (tertiary/aromatic N) is 1. The zero-order valence-electron chi connectivity index (χ0n) is 14.8. The van der Waals surface area contributed by atoms with Crippen molar-refractivity contribution >= 4 is 11.9 Å². The minimum atomic E-state index is -0.846. The molecule has 0 saturated carbocycles. The molecule has 130 valence electrons. The van der Waals surface area contributed by atoms with Gasteiger partial charge in [-0.1, -0.05) is 48.0 Å². The van der Waals surface area contributed by atoms with Crippen molar-refractivity contribution < 1.29 is 14.7 Å². The van der Waals surface area contributed by atoms with E-state index in [1.54, 1.807) is 4.90 Å². The van der Waals surface area contributed by atoms with Gasteiger partial charge in [0.05, 0.1) is 5.92 Å². The second kappa shape index (κ2) is 6.71. The topological polar surface area (TPSA) is 57.6 Å². The summed E-state index contributed by atoms with van der Waals surface area (Å²) in [6, 6.07) is 13.6. The molecule has 1 N–H and O–H groups in total. The Labute approximate surface area is 148 Å². The zero-order valence-corrected chi connectivity index (χ0v) is 14.8. The van der Waals surface area contributed by atoms with Crippen molar-refractivity contribution in [2.24, 2.45) is 5.92 Å². The van der Waals surface area contributed by atoms with Crippen LogP contribution in [-0.4, -0.2) is 35.0 Å². The molecule has 0 spiro atoms. The molecule has 1 fully saturated rings. The number of aryl methyl sites for hydroxylation is 3. The SMILES string of the molecule is Cc1cc(C)c(C(=O)N2CC(C(=O)O)C(c3ccccc3)C2)c(C)c1. The normalized spacial score (nSPS) is 19.9. The van der Waals surface area contributed by atoms with Crippen molar-refractivity contribution in [3.05, 3.63) is 70.3 Å². The van der Waals surface area contributed by atoms with Crippen LogP contribution in [0.5, 0.6) is 0 Å². The van der Waals surface area contributed by atoms with Crippen LogP contribution in [0.4, 0.5) is 0 Å². The largest absolute Gasteiger partial charge is 0.481 e. The van der Waals surface area contributed by atoms with Crippen LogP contribution in [0.15, 0.2) is 42.5 Å². The van der Waals surface area contributed by atoms with Gasteiger partial charge in [0.25, 0.3) is 5.91 Å². The molecule has 1 amide bonds. The predicted molar refractivity (Wildman–Crippen MR) is 96.9 cm³/mol. The van der Waals surface area contributed by atoms with E-state index in [1.807, 2.05) is 63.2 Å². The maximum Gasteiger partial charge on any atom is 0.308 e. The van der Waals surface area contributed by atoms with E-state index in [0.29, 0.717) is 12.1 Å². The number of benzene rings is 2. The van der Waals surface area contributed by atoms with E-state index in [1.165, 1.54) is 0 Å². The van der Waals surface area contributed by atoms with Crippen LogP contribution >= 0.6 is 0 Å². The van der Waals surface area contributed by atoms with Gasteiger partial charge < -0.3 is 10.0 Å². The van der Waals surface area contributed by atoms with Gasteiger partial charge in [0.1, 0.15) is 0 Å². The fraction of sp³-hybridized carbons (Fsp3) is 0.333. The Hall–Kier alpha value is -2.62. The molecular weight excluding hydrogens is 314 g/mol. The van der Waals surface area contributed by atoms with Crippen LogP contribution in [0, 0.1) is 26.7 Å². The van der Waals surface area contributed by atoms with Crippen molar-refractivity contribution in [3.8, 4) is 0 Å². The molecule has 2 unspecified atom stereocenters. The number of carboxylic acids is 1. The summed E-state index contributed by atoms with van der Waals surface area (Å²) in [7, 11) is 0. The first-order valence-corrected chi connectivity index (χ1v) is 8.53. The summed E-state index contributed by atoms with van der Waals surface area (Å²) in [5.74, 6) is -1.66. The Bertz CT molecular complexity index is 790. The number of aliphatic carboxylic acids is 1. The van der Waals surface area contributed by atoms with E-state index in [0.717, 1.165) is 22.3 Å². The summed E-state index contributed by atoms with van der Waals surface area (Å²) >= 11 is 0. The molecule has 0 aromatic heterocycles. The molecule has 0 bridgehead atoms. The minimum absolute atomic E-state index is 0.0697. The molecule has 4 nitrogen and oxygen atoms in total. The number of carboxylic acid groups (broad SMARTS) is 1. The van der Waals surface area contributed by atoms with Crippen LogP contribution in [-0.2, 0) is 4.79 Å². The Morgan fingerprint density at radius 3 is 2.16 bits per heavy atom. The quantitative estimate of drug-likeness (QED) is 0.932. The van der Waals surface area contributed by atoms with Crippen LogP contribution < -0.4 is 0 Å². The van der Waals surface area contributed by atoms with Gasteiger partial charge in [-0.2, -0.15) is 0 Å². The monoisotopic (exact) mass is 337 g/mol. The lowest BCUT2D eigenvalue weighted by atomic mass is 9.89. The lowest BCUT2D eigenvalue weighted by Crippen LogP contribution is -2.31. The van der Waals surface area contributed by atoms with Crippen LogP contribution in [0.3, 0.4) is 0 Å². The average Bonchev–Trinajstić information content (AvgIpc) is 3.00. The molecular formula is C21H23NO3. The third-order valence-corrected chi connectivity index (χ3v) is 5.04. The van der Waals surface area contributed by atoms with Gasteiger partial charge in [-0.05, 0) is 37.5 Å². The standard InChI is InChI=1S/C21H23NO3/c1-13-9-14(2)19(15(3)10-13)20(23)22-11-17(18(12-22)21(24)25)16-7-5-4-6-8-16/h4-10,17-18H,11-12H2,1-3H3,(H,24,25). The molecule has 1 heterocycles. The summed E-state index contributed by atoms with van der Waals surface area (Å²) in [5.41, 5.74) is 4.68. The number of carbonyl (C=O) groups excluding carboxylic acids is 1. The molecule has 0 radical (unpaired) electrons. The average molecular weight is 337 g/mol. The van der Waals surface area contributed by atoms with E-state index in [-0.39, 0.29) is 18.4 Å². The Morgan fingerprint density at radius 2 is 1.60 bits per heavy atom. The molecule has 1 saturated heterocycles. The van der Waals surface area contributed by atoms with E-state index in [9.17, 15) is 14.7 Å². The minimum Gasteiger partial charge on any atom is -0.481 e. The van der Waals surface area contributed by atoms with Gasteiger partial charge in [-0.15, -0.1) is 0 Å². The molecule has 0 aliphatic carbocycles. The first kappa shape index (κ1) is 17.2. The summed E-state index contributed by atoms with van der Waals surface area (Å²) in [5, 5.41) is 9.62. The molecule has 25 heavy (non-hydrogen) atoms. The van der Waals surface area contributed by atoms with Gasteiger partial charge in [-0.3, -0.25) is 9.59 Å². The Kier molecular flexibility index (Phi) is 4.62. The van der Waals surface area contributed by atoms with Crippen molar-refractivity contribution in [1.29, 1.82) is 0 Å². The zero-order chi connectivity index (χ0) is 18.1. The summed E-state index contributed by atoms with van der Waals surface area (Å²) in [6.07, 6.45) is 0. The number of hydrogen-bond acceptors (Lipinski definition) is 2. The molecule has 4 heteroatoms. The fourth-order valence-electron chi connectivity index (χ4n) is 3.93. The number of hydrogen-bond donors (Lipinski definition) is 1. The third-order valence-electron chi connectivity index (χ3n) is 5.04.